The van der Waals surface area contributed by atoms with E-state index in [1.165, 1.54) is 0 Å². The van der Waals surface area contributed by atoms with E-state index in [2.05, 4.69) is 5.32 Å². The van der Waals surface area contributed by atoms with Crippen molar-refractivity contribution in [2.24, 2.45) is 17.6 Å². The van der Waals surface area contributed by atoms with E-state index in [0.717, 1.165) is 19.3 Å². The van der Waals surface area contributed by atoms with Crippen molar-refractivity contribution in [1.29, 1.82) is 0 Å². The van der Waals surface area contributed by atoms with Crippen LogP contribution in [0, 0.1) is 11.8 Å². The molecule has 4 N–H and O–H groups in total. The van der Waals surface area contributed by atoms with E-state index in [9.17, 15) is 9.90 Å². The summed E-state index contributed by atoms with van der Waals surface area (Å²) in [6.45, 7) is 5.90. The van der Waals surface area contributed by atoms with E-state index in [-0.39, 0.29) is 29.9 Å². The molecule has 0 unspecified atom stereocenters. The smallest absolute Gasteiger partial charge is 0.237 e. The van der Waals surface area contributed by atoms with Crippen LogP contribution in [0.1, 0.15) is 40.0 Å². The molecule has 0 radical (unpaired) electrons. The highest BCUT2D eigenvalue weighted by molar-refractivity contribution is 5.82. The van der Waals surface area contributed by atoms with Gasteiger partial charge in [-0.3, -0.25) is 4.79 Å². The number of hydrogen-bond acceptors (Lipinski definition) is 3. The lowest BCUT2D eigenvalue weighted by Gasteiger charge is -2.32. The summed E-state index contributed by atoms with van der Waals surface area (Å²) in [5.74, 6) is 0.351. The molecule has 0 saturated heterocycles. The van der Waals surface area contributed by atoms with Crippen molar-refractivity contribution in [2.45, 2.75) is 58.2 Å². The second-order valence-corrected chi connectivity index (χ2v) is 5.33. The quantitative estimate of drug-likeness (QED) is 0.663. The number of carbonyl (C=O) groups excluding carboxylic acids is 1. The van der Waals surface area contributed by atoms with Gasteiger partial charge in [0.05, 0.1) is 12.1 Å². The fourth-order valence-corrected chi connectivity index (χ4v) is 2.11. The van der Waals surface area contributed by atoms with Gasteiger partial charge in [0.1, 0.15) is 0 Å². The summed E-state index contributed by atoms with van der Waals surface area (Å²) in [5.41, 5.74) is 5.78. The fraction of sp³-hybridized carbons (Fsp3) is 0.917. The maximum Gasteiger partial charge on any atom is 0.237 e. The Balaban J connectivity index is 2.40. The van der Waals surface area contributed by atoms with Crippen LogP contribution in [0.2, 0.25) is 0 Å². The third kappa shape index (κ3) is 3.46. The Morgan fingerprint density at radius 2 is 2.06 bits per heavy atom. The summed E-state index contributed by atoms with van der Waals surface area (Å²) in [4.78, 5) is 11.7. The van der Waals surface area contributed by atoms with E-state index in [1.807, 2.05) is 20.8 Å². The van der Waals surface area contributed by atoms with Crippen LogP contribution < -0.4 is 11.1 Å². The van der Waals surface area contributed by atoms with Crippen molar-refractivity contribution >= 4 is 5.91 Å². The number of aliphatic hydroxyl groups is 1. The van der Waals surface area contributed by atoms with Gasteiger partial charge in [0.15, 0.2) is 0 Å². The molecule has 0 aromatic carbocycles. The molecule has 1 amide bonds. The fourth-order valence-electron chi connectivity index (χ4n) is 2.11. The standard InChI is InChI=1S/C12H24N2O2/c1-7(2)11(13)12(16)14-9-4-5-10(15)8(3)6-9/h7-11,15H,4-6,13H2,1-3H3,(H,14,16)/t8-,9+,10-,11+/m0/s1. The zero-order valence-electron chi connectivity index (χ0n) is 10.4. The number of amides is 1. The Bertz CT molecular complexity index is 243. The van der Waals surface area contributed by atoms with Gasteiger partial charge in [0, 0.05) is 6.04 Å². The molecule has 0 aromatic rings. The molecule has 1 aliphatic carbocycles. The van der Waals surface area contributed by atoms with Gasteiger partial charge in [-0.2, -0.15) is 0 Å². The average Bonchev–Trinajstić information content (AvgIpc) is 2.22. The summed E-state index contributed by atoms with van der Waals surface area (Å²) in [6, 6.07) is -0.252. The van der Waals surface area contributed by atoms with Crippen LogP contribution in [0.5, 0.6) is 0 Å². The van der Waals surface area contributed by atoms with Gasteiger partial charge in [-0.05, 0) is 31.1 Å². The van der Waals surface area contributed by atoms with Gasteiger partial charge in [0.25, 0.3) is 0 Å². The molecule has 0 bridgehead atoms. The lowest BCUT2D eigenvalue weighted by atomic mass is 9.84. The highest BCUT2D eigenvalue weighted by atomic mass is 16.3. The Morgan fingerprint density at radius 3 is 2.56 bits per heavy atom. The second kappa shape index (κ2) is 5.64. The summed E-state index contributed by atoms with van der Waals surface area (Å²) in [5, 5.41) is 12.6. The molecule has 0 heterocycles. The molecule has 4 nitrogen and oxygen atoms in total. The highest BCUT2D eigenvalue weighted by Gasteiger charge is 2.28. The van der Waals surface area contributed by atoms with Crippen molar-refractivity contribution in [3.05, 3.63) is 0 Å². The van der Waals surface area contributed by atoms with Gasteiger partial charge in [-0.25, -0.2) is 0 Å². The number of rotatable bonds is 3. The summed E-state index contributed by atoms with van der Waals surface area (Å²) < 4.78 is 0. The Hall–Kier alpha value is -0.610. The topological polar surface area (TPSA) is 75.4 Å². The van der Waals surface area contributed by atoms with Gasteiger partial charge in [0.2, 0.25) is 5.91 Å². The summed E-state index contributed by atoms with van der Waals surface area (Å²) in [6.07, 6.45) is 2.25. The molecule has 1 aliphatic rings. The first-order valence-corrected chi connectivity index (χ1v) is 6.15. The minimum Gasteiger partial charge on any atom is -0.393 e. The van der Waals surface area contributed by atoms with E-state index >= 15 is 0 Å². The van der Waals surface area contributed by atoms with Crippen molar-refractivity contribution in [2.75, 3.05) is 0 Å². The Labute approximate surface area is 97.6 Å². The maximum absolute atomic E-state index is 11.7. The highest BCUT2D eigenvalue weighted by Crippen LogP contribution is 2.24. The first kappa shape index (κ1) is 13.5. The molecule has 4 atom stereocenters. The van der Waals surface area contributed by atoms with E-state index in [4.69, 9.17) is 5.73 Å². The molecule has 1 rings (SSSR count). The SMILES string of the molecule is CC(C)[C@@H](N)C(=O)N[C@@H]1CC[C@H](O)[C@@H](C)C1. The van der Waals surface area contributed by atoms with E-state index in [0.29, 0.717) is 0 Å². The van der Waals surface area contributed by atoms with Gasteiger partial charge in [-0.15, -0.1) is 0 Å². The summed E-state index contributed by atoms with van der Waals surface area (Å²) in [7, 11) is 0. The number of carbonyl (C=O) groups is 1. The molecule has 4 heteroatoms. The molecule has 1 fully saturated rings. The zero-order valence-corrected chi connectivity index (χ0v) is 10.4. The normalized spacial score (nSPS) is 32.5. The van der Waals surface area contributed by atoms with Crippen molar-refractivity contribution in [3.8, 4) is 0 Å². The Kier molecular flexibility index (Phi) is 4.74. The van der Waals surface area contributed by atoms with Gasteiger partial charge in [-0.1, -0.05) is 20.8 Å². The molecular formula is C12H24N2O2. The molecule has 16 heavy (non-hydrogen) atoms. The van der Waals surface area contributed by atoms with Crippen LogP contribution in [0.3, 0.4) is 0 Å². The van der Waals surface area contributed by atoms with E-state index < -0.39 is 6.04 Å². The van der Waals surface area contributed by atoms with Crippen LogP contribution in [0.15, 0.2) is 0 Å². The first-order valence-electron chi connectivity index (χ1n) is 6.15. The third-order valence-electron chi connectivity index (χ3n) is 3.49. The molecular weight excluding hydrogens is 204 g/mol. The molecule has 0 aliphatic heterocycles. The average molecular weight is 228 g/mol. The van der Waals surface area contributed by atoms with Crippen LogP contribution in [-0.4, -0.2) is 29.2 Å². The van der Waals surface area contributed by atoms with Crippen molar-refractivity contribution in [3.63, 3.8) is 0 Å². The molecule has 1 saturated carbocycles. The zero-order chi connectivity index (χ0) is 12.3. The first-order chi connectivity index (χ1) is 7.41. The summed E-state index contributed by atoms with van der Waals surface area (Å²) >= 11 is 0. The molecule has 94 valence electrons. The maximum atomic E-state index is 11.7. The predicted molar refractivity (Wildman–Crippen MR) is 63.8 cm³/mol. The van der Waals surface area contributed by atoms with E-state index in [1.54, 1.807) is 0 Å². The largest absolute Gasteiger partial charge is 0.393 e. The molecule has 0 aromatic heterocycles. The number of aliphatic hydroxyl groups excluding tert-OH is 1. The van der Waals surface area contributed by atoms with Crippen molar-refractivity contribution in [1.82, 2.24) is 5.32 Å². The molecule has 0 spiro atoms. The van der Waals surface area contributed by atoms with Crippen LogP contribution in [0.4, 0.5) is 0 Å². The van der Waals surface area contributed by atoms with Gasteiger partial charge >= 0.3 is 0 Å². The predicted octanol–water partition coefficient (Wildman–Crippen LogP) is 0.635. The van der Waals surface area contributed by atoms with Gasteiger partial charge < -0.3 is 16.2 Å². The van der Waals surface area contributed by atoms with Crippen LogP contribution in [0.25, 0.3) is 0 Å². The second-order valence-electron chi connectivity index (χ2n) is 5.33. The number of hydrogen-bond donors (Lipinski definition) is 3. The number of nitrogens with one attached hydrogen (secondary N) is 1. The van der Waals surface area contributed by atoms with Crippen LogP contribution >= 0.6 is 0 Å². The lowest BCUT2D eigenvalue weighted by molar-refractivity contribution is -0.124. The lowest BCUT2D eigenvalue weighted by Crippen LogP contribution is -2.50. The van der Waals surface area contributed by atoms with Crippen LogP contribution in [-0.2, 0) is 4.79 Å². The minimum absolute atomic E-state index is 0.0661. The minimum atomic E-state index is -0.429. The number of nitrogens with two attached hydrogens (primary N) is 1. The third-order valence-corrected chi connectivity index (χ3v) is 3.49. The Morgan fingerprint density at radius 1 is 1.44 bits per heavy atom. The van der Waals surface area contributed by atoms with Crippen molar-refractivity contribution < 1.29 is 9.90 Å². The monoisotopic (exact) mass is 228 g/mol.